The number of methoxy groups -OCH3 is 1. The number of phenols is 3. The fourth-order valence-electron chi connectivity index (χ4n) is 5.64. The fourth-order valence-corrected chi connectivity index (χ4v) is 5.64. The van der Waals surface area contributed by atoms with Gasteiger partial charge in [0.05, 0.1) is 19.3 Å². The predicted octanol–water partition coefficient (Wildman–Crippen LogP) is 0.140. The molecule has 0 amide bonds. The van der Waals surface area contributed by atoms with E-state index in [1.165, 1.54) is 19.9 Å². The number of rotatable bonds is 8. The number of aliphatic hydroxyl groups is 4. The van der Waals surface area contributed by atoms with Gasteiger partial charge in [-0.3, -0.25) is 14.4 Å². The van der Waals surface area contributed by atoms with Crippen molar-refractivity contribution in [1.29, 1.82) is 0 Å². The van der Waals surface area contributed by atoms with E-state index in [9.17, 15) is 50.1 Å². The summed E-state index contributed by atoms with van der Waals surface area (Å²) in [5.41, 5.74) is -1.50. The maximum Gasteiger partial charge on any atom is 0.303 e. The van der Waals surface area contributed by atoms with Crippen LogP contribution < -0.4 is 19.6 Å². The number of benzene rings is 2. The van der Waals surface area contributed by atoms with Crippen molar-refractivity contribution in [2.45, 2.75) is 89.1 Å². The standard InChI is InChI=1S/C32H36O18/c1-10-20(37)23(40)30(47-13(4)34)32(44-10)49-18-9-17-19(21(38)28(18)43-5)22(39)29(27(48-17)14-6-7-15(35)16(36)8-14)50-31-25(42)24(41)26(11(2)45-31)46-12(3)33/h6-11,20,23-26,30-32,35-38,40-42H,1-5H3/t10-,11-,20-,23+,24-,25+,26-,30+,31-,32-/m0/s1. The molecule has 7 N–H and O–H groups in total. The highest BCUT2D eigenvalue weighted by Gasteiger charge is 2.48. The van der Waals surface area contributed by atoms with Crippen molar-refractivity contribution < 1.29 is 82.9 Å². The van der Waals surface area contributed by atoms with Gasteiger partial charge in [0.2, 0.25) is 29.5 Å². The first-order chi connectivity index (χ1) is 23.5. The van der Waals surface area contributed by atoms with Gasteiger partial charge in [-0.25, -0.2) is 0 Å². The number of esters is 2. The lowest BCUT2D eigenvalue weighted by Gasteiger charge is -2.40. The molecule has 0 unspecified atom stereocenters. The quantitative estimate of drug-likeness (QED) is 0.121. The van der Waals surface area contributed by atoms with Gasteiger partial charge in [0, 0.05) is 25.5 Å². The van der Waals surface area contributed by atoms with Crippen LogP contribution in [0, 0.1) is 0 Å². The van der Waals surface area contributed by atoms with E-state index in [4.69, 9.17) is 37.6 Å². The minimum atomic E-state index is -1.89. The second-order valence-electron chi connectivity index (χ2n) is 11.7. The lowest BCUT2D eigenvalue weighted by molar-refractivity contribution is -0.273. The van der Waals surface area contributed by atoms with Gasteiger partial charge in [-0.1, -0.05) is 0 Å². The summed E-state index contributed by atoms with van der Waals surface area (Å²) >= 11 is 0. The maximum absolute atomic E-state index is 14.1. The molecule has 2 fully saturated rings. The Bertz CT molecular complexity index is 1820. The number of aromatic hydroxyl groups is 3. The van der Waals surface area contributed by atoms with E-state index in [0.29, 0.717) is 0 Å². The van der Waals surface area contributed by atoms with Crippen LogP contribution >= 0.6 is 0 Å². The molecule has 2 aliphatic rings. The van der Waals surface area contributed by atoms with E-state index in [1.54, 1.807) is 0 Å². The van der Waals surface area contributed by atoms with Crippen molar-refractivity contribution in [3.63, 3.8) is 0 Å². The molecule has 18 heteroatoms. The van der Waals surface area contributed by atoms with Crippen molar-refractivity contribution >= 4 is 22.9 Å². The number of hydrogen-bond donors (Lipinski definition) is 7. The summed E-state index contributed by atoms with van der Waals surface area (Å²) < 4.78 is 44.5. The summed E-state index contributed by atoms with van der Waals surface area (Å²) in [4.78, 5) is 37.5. The lowest BCUT2D eigenvalue weighted by Crippen LogP contribution is -2.59. The molecule has 3 aromatic rings. The molecule has 2 aromatic carbocycles. The largest absolute Gasteiger partial charge is 0.504 e. The zero-order valence-electron chi connectivity index (χ0n) is 27.2. The van der Waals surface area contributed by atoms with Crippen molar-refractivity contribution in [2.75, 3.05) is 7.11 Å². The van der Waals surface area contributed by atoms with Crippen molar-refractivity contribution in [2.24, 2.45) is 0 Å². The Morgan fingerprint density at radius 2 is 1.36 bits per heavy atom. The third-order valence-corrected chi connectivity index (χ3v) is 8.12. The number of carbonyl (C=O) groups excluding carboxylic acids is 2. The Morgan fingerprint density at radius 1 is 0.740 bits per heavy atom. The minimum absolute atomic E-state index is 0.0553. The van der Waals surface area contributed by atoms with Gasteiger partial charge in [0.1, 0.15) is 35.4 Å². The maximum atomic E-state index is 14.1. The van der Waals surface area contributed by atoms with Crippen LogP contribution in [0.3, 0.4) is 0 Å². The smallest absolute Gasteiger partial charge is 0.303 e. The third-order valence-electron chi connectivity index (χ3n) is 8.12. The van der Waals surface area contributed by atoms with Crippen molar-refractivity contribution in [1.82, 2.24) is 0 Å². The highest BCUT2D eigenvalue weighted by atomic mass is 16.7. The summed E-state index contributed by atoms with van der Waals surface area (Å²) in [6.45, 7) is 5.00. The number of hydrogen-bond acceptors (Lipinski definition) is 18. The number of phenolic OH excluding ortho intramolecular Hbond substituents is 3. The van der Waals surface area contributed by atoms with Crippen molar-refractivity contribution in [3.8, 4) is 45.8 Å². The first kappa shape index (κ1) is 36.4. The van der Waals surface area contributed by atoms with E-state index in [-0.39, 0.29) is 16.9 Å². The zero-order chi connectivity index (χ0) is 36.8. The van der Waals surface area contributed by atoms with Gasteiger partial charge >= 0.3 is 11.9 Å². The SMILES string of the molecule is COc1c(O[C@@H]2O[C@@H](C)[C@H](O)[C@@H](O)[C@H]2OC(C)=O)cc2oc(-c3ccc(O)c(O)c3)c(O[C@@H]3O[C@@H](C)[C@H](OC(C)=O)[C@@H](O)[C@H]3O)c(=O)c2c1O. The van der Waals surface area contributed by atoms with Gasteiger partial charge in [0.25, 0.3) is 0 Å². The first-order valence-corrected chi connectivity index (χ1v) is 15.2. The van der Waals surface area contributed by atoms with Gasteiger partial charge in [-0.05, 0) is 32.0 Å². The van der Waals surface area contributed by atoms with E-state index < -0.39 is 119 Å². The van der Waals surface area contributed by atoms with Gasteiger partial charge in [-0.15, -0.1) is 0 Å². The molecule has 50 heavy (non-hydrogen) atoms. The lowest BCUT2D eigenvalue weighted by atomic mass is 9.99. The molecule has 10 atom stereocenters. The second kappa shape index (κ2) is 14.2. The average Bonchev–Trinajstić information content (AvgIpc) is 3.04. The van der Waals surface area contributed by atoms with Crippen LogP contribution in [0.5, 0.6) is 34.5 Å². The Kier molecular flexibility index (Phi) is 10.3. The van der Waals surface area contributed by atoms with E-state index in [1.807, 2.05) is 0 Å². The molecule has 5 rings (SSSR count). The summed E-state index contributed by atoms with van der Waals surface area (Å²) in [6, 6.07) is 4.44. The van der Waals surface area contributed by atoms with Crippen LogP contribution in [0.4, 0.5) is 0 Å². The zero-order valence-corrected chi connectivity index (χ0v) is 27.2. The Morgan fingerprint density at radius 3 is 1.98 bits per heavy atom. The highest BCUT2D eigenvalue weighted by Crippen LogP contribution is 2.46. The number of fused-ring (bicyclic) bond motifs is 1. The first-order valence-electron chi connectivity index (χ1n) is 15.2. The fraction of sp³-hybridized carbons (Fsp3) is 0.469. The minimum Gasteiger partial charge on any atom is -0.504 e. The number of carbonyl (C=O) groups is 2. The van der Waals surface area contributed by atoms with Crippen LogP contribution in [-0.2, 0) is 28.5 Å². The molecule has 0 aliphatic carbocycles. The van der Waals surface area contributed by atoms with E-state index in [2.05, 4.69) is 0 Å². The highest BCUT2D eigenvalue weighted by molar-refractivity contribution is 5.91. The molecule has 0 spiro atoms. The van der Waals surface area contributed by atoms with Crippen LogP contribution in [0.1, 0.15) is 27.7 Å². The van der Waals surface area contributed by atoms with E-state index >= 15 is 0 Å². The molecule has 0 saturated carbocycles. The molecule has 18 nitrogen and oxygen atoms in total. The Labute approximate surface area is 282 Å². The number of ether oxygens (including phenoxy) is 7. The van der Waals surface area contributed by atoms with Crippen LogP contribution in [0.15, 0.2) is 33.5 Å². The van der Waals surface area contributed by atoms with Crippen LogP contribution in [-0.4, -0.2) is 116 Å². The summed E-state index contributed by atoms with van der Waals surface area (Å²) in [6.07, 6.45) is -15.0. The monoisotopic (exact) mass is 708 g/mol. The molecule has 2 aliphatic heterocycles. The molecule has 1 aromatic heterocycles. The molecule has 3 heterocycles. The summed E-state index contributed by atoms with van der Waals surface area (Å²) in [7, 11) is 1.13. The summed E-state index contributed by atoms with van der Waals surface area (Å²) in [5, 5.41) is 73.4. The topological polar surface area (TPSA) is 271 Å². The number of aliphatic hydroxyl groups excluding tert-OH is 4. The molecule has 0 bridgehead atoms. The third kappa shape index (κ3) is 6.80. The van der Waals surface area contributed by atoms with Crippen LogP contribution in [0.2, 0.25) is 0 Å². The summed E-state index contributed by atoms with van der Waals surface area (Å²) in [5.74, 6) is -5.50. The van der Waals surface area contributed by atoms with Gasteiger partial charge < -0.3 is 73.3 Å². The molecule has 272 valence electrons. The molecule has 2 saturated heterocycles. The van der Waals surface area contributed by atoms with Gasteiger partial charge in [0.15, 0.2) is 41.0 Å². The normalized spacial score (nSPS) is 29.6. The average molecular weight is 709 g/mol. The Balaban J connectivity index is 1.65. The molecule has 0 radical (unpaired) electrons. The second-order valence-corrected chi connectivity index (χ2v) is 11.7. The van der Waals surface area contributed by atoms with Crippen molar-refractivity contribution in [3.05, 3.63) is 34.5 Å². The molecular weight excluding hydrogens is 672 g/mol. The van der Waals surface area contributed by atoms with Gasteiger partial charge in [-0.2, -0.15) is 0 Å². The van der Waals surface area contributed by atoms with Crippen LogP contribution in [0.25, 0.3) is 22.3 Å². The predicted molar refractivity (Wildman–Crippen MR) is 165 cm³/mol. The van der Waals surface area contributed by atoms with E-state index in [0.717, 1.165) is 39.2 Å². The Hall–Kier alpha value is -4.85. The molecular formula is C32H36O18.